The summed E-state index contributed by atoms with van der Waals surface area (Å²) in [6.07, 6.45) is 0.603. The van der Waals surface area contributed by atoms with Gasteiger partial charge in [-0.25, -0.2) is 4.39 Å². The molecule has 2 N–H and O–H groups in total. The molecule has 2 nitrogen and oxygen atoms in total. The van der Waals surface area contributed by atoms with Crippen molar-refractivity contribution in [1.29, 1.82) is 0 Å². The Morgan fingerprint density at radius 1 is 1.50 bits per heavy atom. The largest absolute Gasteiger partial charge is 0.387 e. The Morgan fingerprint density at radius 2 is 2.21 bits per heavy atom. The van der Waals surface area contributed by atoms with Crippen LogP contribution >= 0.6 is 0 Å². The first-order valence-corrected chi connectivity index (χ1v) is 4.77. The van der Waals surface area contributed by atoms with Crippen LogP contribution in [0.3, 0.4) is 0 Å². The van der Waals surface area contributed by atoms with Gasteiger partial charge < -0.3 is 10.4 Å². The standard InChI is InChI=1S/C11H14FNO/c1-8-4-10(12)3-2-9(8)5-11(14)6-13-7-11/h2-4,13-14H,5-7H2,1H3. The molecule has 0 atom stereocenters. The smallest absolute Gasteiger partial charge is 0.123 e. The maximum Gasteiger partial charge on any atom is 0.123 e. The van der Waals surface area contributed by atoms with Crippen molar-refractivity contribution in [2.45, 2.75) is 18.9 Å². The monoisotopic (exact) mass is 195 g/mol. The molecule has 0 saturated carbocycles. The van der Waals surface area contributed by atoms with Gasteiger partial charge in [0.15, 0.2) is 0 Å². The molecule has 2 rings (SSSR count). The first-order valence-electron chi connectivity index (χ1n) is 4.77. The van der Waals surface area contributed by atoms with Crippen molar-refractivity contribution in [3.8, 4) is 0 Å². The van der Waals surface area contributed by atoms with Crippen LogP contribution in [0.1, 0.15) is 11.1 Å². The zero-order chi connectivity index (χ0) is 10.2. The van der Waals surface area contributed by atoms with Crippen molar-refractivity contribution in [1.82, 2.24) is 5.32 Å². The van der Waals surface area contributed by atoms with Gasteiger partial charge in [-0.05, 0) is 30.2 Å². The van der Waals surface area contributed by atoms with Crippen LogP contribution < -0.4 is 5.32 Å². The summed E-state index contributed by atoms with van der Waals surface area (Å²) in [6.45, 7) is 3.13. The predicted molar refractivity (Wildman–Crippen MR) is 52.7 cm³/mol. The summed E-state index contributed by atoms with van der Waals surface area (Å²) in [7, 11) is 0. The second-order valence-corrected chi connectivity index (χ2v) is 4.08. The lowest BCUT2D eigenvalue weighted by molar-refractivity contribution is -0.00915. The van der Waals surface area contributed by atoms with Crippen LogP contribution in [0, 0.1) is 12.7 Å². The average molecular weight is 195 g/mol. The van der Waals surface area contributed by atoms with E-state index < -0.39 is 5.60 Å². The normalized spacial score (nSPS) is 19.1. The maximum atomic E-state index is 12.8. The second kappa shape index (κ2) is 3.33. The van der Waals surface area contributed by atoms with Gasteiger partial charge in [-0.2, -0.15) is 0 Å². The lowest BCUT2D eigenvalue weighted by Crippen LogP contribution is -2.60. The minimum Gasteiger partial charge on any atom is -0.387 e. The van der Waals surface area contributed by atoms with Gasteiger partial charge in [0, 0.05) is 19.5 Å². The van der Waals surface area contributed by atoms with Crippen molar-refractivity contribution in [2.75, 3.05) is 13.1 Å². The second-order valence-electron chi connectivity index (χ2n) is 4.08. The number of hydrogen-bond acceptors (Lipinski definition) is 2. The van der Waals surface area contributed by atoms with E-state index in [2.05, 4.69) is 5.32 Å². The van der Waals surface area contributed by atoms with E-state index in [4.69, 9.17) is 0 Å². The van der Waals surface area contributed by atoms with Crippen molar-refractivity contribution in [2.24, 2.45) is 0 Å². The molecule has 1 aromatic rings. The lowest BCUT2D eigenvalue weighted by atomic mass is 9.87. The Labute approximate surface area is 82.8 Å². The van der Waals surface area contributed by atoms with E-state index in [1.54, 1.807) is 6.07 Å². The molecule has 1 aliphatic heterocycles. The number of halogens is 1. The van der Waals surface area contributed by atoms with Crippen LogP contribution in [0.15, 0.2) is 18.2 Å². The number of rotatable bonds is 2. The van der Waals surface area contributed by atoms with Crippen LogP contribution in [-0.4, -0.2) is 23.8 Å². The molecule has 0 radical (unpaired) electrons. The Kier molecular flexibility index (Phi) is 2.29. The molecule has 76 valence electrons. The first-order chi connectivity index (χ1) is 6.59. The summed E-state index contributed by atoms with van der Waals surface area (Å²) < 4.78 is 12.8. The zero-order valence-electron chi connectivity index (χ0n) is 8.18. The molecule has 0 aliphatic carbocycles. The molecule has 0 spiro atoms. The fourth-order valence-corrected chi connectivity index (χ4v) is 1.75. The summed E-state index contributed by atoms with van der Waals surface area (Å²) >= 11 is 0. The van der Waals surface area contributed by atoms with Crippen molar-refractivity contribution in [3.05, 3.63) is 35.1 Å². The molecular weight excluding hydrogens is 181 g/mol. The van der Waals surface area contributed by atoms with E-state index >= 15 is 0 Å². The van der Waals surface area contributed by atoms with Gasteiger partial charge in [-0.15, -0.1) is 0 Å². The van der Waals surface area contributed by atoms with E-state index in [-0.39, 0.29) is 5.82 Å². The highest BCUT2D eigenvalue weighted by atomic mass is 19.1. The summed E-state index contributed by atoms with van der Waals surface area (Å²) in [5.41, 5.74) is 1.31. The van der Waals surface area contributed by atoms with Gasteiger partial charge in [-0.1, -0.05) is 6.07 Å². The average Bonchev–Trinajstić information content (AvgIpc) is 2.07. The van der Waals surface area contributed by atoms with Crippen LogP contribution in [0.4, 0.5) is 4.39 Å². The molecule has 0 amide bonds. The number of β-amino-alcohol motifs (C(OH)–C–C–N with tert-alkyl or cyclic N) is 1. The fraction of sp³-hybridized carbons (Fsp3) is 0.455. The van der Waals surface area contributed by atoms with Crippen LogP contribution in [-0.2, 0) is 6.42 Å². The summed E-state index contributed by atoms with van der Waals surface area (Å²) in [5, 5.41) is 12.9. The van der Waals surface area contributed by atoms with E-state index in [9.17, 15) is 9.50 Å². The highest BCUT2D eigenvalue weighted by molar-refractivity contribution is 5.28. The number of hydrogen-bond donors (Lipinski definition) is 2. The Hall–Kier alpha value is -0.930. The minimum absolute atomic E-state index is 0.218. The fourth-order valence-electron chi connectivity index (χ4n) is 1.75. The van der Waals surface area contributed by atoms with Crippen molar-refractivity contribution < 1.29 is 9.50 Å². The predicted octanol–water partition coefficient (Wildman–Crippen LogP) is 1.01. The molecule has 0 bridgehead atoms. The van der Waals surface area contributed by atoms with E-state index in [1.165, 1.54) is 12.1 Å². The van der Waals surface area contributed by atoms with Crippen molar-refractivity contribution in [3.63, 3.8) is 0 Å². The van der Waals surface area contributed by atoms with Gasteiger partial charge in [0.2, 0.25) is 0 Å². The maximum absolute atomic E-state index is 12.8. The molecule has 1 heterocycles. The Bertz CT molecular complexity index is 347. The summed E-state index contributed by atoms with van der Waals surface area (Å²) in [6, 6.07) is 4.70. The van der Waals surface area contributed by atoms with Crippen LogP contribution in [0.5, 0.6) is 0 Å². The van der Waals surface area contributed by atoms with Gasteiger partial charge in [0.05, 0.1) is 5.60 Å². The van der Waals surface area contributed by atoms with Gasteiger partial charge in [0.25, 0.3) is 0 Å². The Morgan fingerprint density at radius 3 is 2.71 bits per heavy atom. The third-order valence-electron chi connectivity index (χ3n) is 2.73. The topological polar surface area (TPSA) is 32.3 Å². The summed E-state index contributed by atoms with van der Waals surface area (Å²) in [4.78, 5) is 0. The molecule has 0 unspecified atom stereocenters. The van der Waals surface area contributed by atoms with Gasteiger partial charge in [0.1, 0.15) is 5.82 Å². The number of benzene rings is 1. The number of aryl methyl sites for hydroxylation is 1. The quantitative estimate of drug-likeness (QED) is 0.738. The zero-order valence-corrected chi connectivity index (χ0v) is 8.18. The van der Waals surface area contributed by atoms with E-state index in [0.29, 0.717) is 19.5 Å². The molecule has 1 aromatic carbocycles. The van der Waals surface area contributed by atoms with Crippen LogP contribution in [0.2, 0.25) is 0 Å². The van der Waals surface area contributed by atoms with Crippen molar-refractivity contribution >= 4 is 0 Å². The summed E-state index contributed by atoms with van der Waals surface area (Å²) in [5.74, 6) is -0.218. The molecular formula is C11H14FNO. The van der Waals surface area contributed by atoms with E-state index in [0.717, 1.165) is 11.1 Å². The molecule has 14 heavy (non-hydrogen) atoms. The first kappa shape index (κ1) is 9.62. The molecule has 0 aromatic heterocycles. The molecule has 3 heteroatoms. The highest BCUT2D eigenvalue weighted by Gasteiger charge is 2.34. The number of nitrogens with one attached hydrogen (secondary N) is 1. The molecule has 1 saturated heterocycles. The third-order valence-corrected chi connectivity index (χ3v) is 2.73. The Balaban J connectivity index is 2.16. The van der Waals surface area contributed by atoms with Gasteiger partial charge in [-0.3, -0.25) is 0 Å². The molecule has 1 fully saturated rings. The third kappa shape index (κ3) is 1.79. The van der Waals surface area contributed by atoms with Crippen LogP contribution in [0.25, 0.3) is 0 Å². The number of aliphatic hydroxyl groups is 1. The minimum atomic E-state index is -0.622. The SMILES string of the molecule is Cc1cc(F)ccc1CC1(O)CNC1. The highest BCUT2D eigenvalue weighted by Crippen LogP contribution is 2.20. The van der Waals surface area contributed by atoms with Gasteiger partial charge >= 0.3 is 0 Å². The molecule has 1 aliphatic rings. The lowest BCUT2D eigenvalue weighted by Gasteiger charge is -2.38. The van der Waals surface area contributed by atoms with E-state index in [1.807, 2.05) is 6.92 Å².